The van der Waals surface area contributed by atoms with Crippen LogP contribution in [0.15, 0.2) is 40.3 Å². The normalized spacial score (nSPS) is 16.5. The Bertz CT molecular complexity index is 1170. The quantitative estimate of drug-likeness (QED) is 0.365. The molecule has 0 saturated carbocycles. The second kappa shape index (κ2) is 10.8. The molecule has 0 fully saturated rings. The van der Waals surface area contributed by atoms with Crippen molar-refractivity contribution in [3.05, 3.63) is 56.7 Å². The van der Waals surface area contributed by atoms with Gasteiger partial charge in [0.15, 0.2) is 5.16 Å². The van der Waals surface area contributed by atoms with E-state index in [4.69, 9.17) is 9.72 Å². The van der Waals surface area contributed by atoms with Crippen molar-refractivity contribution in [1.82, 2.24) is 14.9 Å². The van der Waals surface area contributed by atoms with Crippen molar-refractivity contribution in [1.29, 1.82) is 0 Å². The average molecular weight is 486 g/mol. The molecule has 33 heavy (non-hydrogen) atoms. The average Bonchev–Trinajstić information content (AvgIpc) is 3.15. The number of hydrogen-bond acceptors (Lipinski definition) is 6. The molecule has 176 valence electrons. The lowest BCUT2D eigenvalue weighted by Crippen LogP contribution is -2.36. The number of ether oxygens (including phenoxy) is 1. The molecule has 2 atom stereocenters. The van der Waals surface area contributed by atoms with Crippen LogP contribution in [0.5, 0.6) is 0 Å². The summed E-state index contributed by atoms with van der Waals surface area (Å²) in [4.78, 5) is 33.1. The number of aromatic nitrogens is 2. The van der Waals surface area contributed by atoms with Gasteiger partial charge in [-0.3, -0.25) is 14.2 Å². The van der Waals surface area contributed by atoms with Gasteiger partial charge in [0.25, 0.3) is 5.56 Å². The van der Waals surface area contributed by atoms with E-state index in [-0.39, 0.29) is 23.3 Å². The molecule has 1 aliphatic rings. The lowest BCUT2D eigenvalue weighted by atomic mass is 9.89. The predicted octanol–water partition coefficient (Wildman–Crippen LogP) is 4.07. The molecular weight excluding hydrogens is 454 g/mol. The molecule has 0 spiro atoms. The standard InChI is InChI=1S/C25H31N3O3S2/c1-16-9-10-19-20(13-16)33-23-22(19)24(30)28(12-11-18-7-5-4-6-8-18)25(27-23)32-15-21(29)26-17(2)14-31-3/h4-8,16-17H,9-15H2,1-3H3,(H,26,29). The van der Waals surface area contributed by atoms with E-state index in [0.29, 0.717) is 24.2 Å². The van der Waals surface area contributed by atoms with E-state index in [1.807, 2.05) is 25.1 Å². The van der Waals surface area contributed by atoms with Crippen molar-refractivity contribution in [2.75, 3.05) is 19.5 Å². The number of hydrogen-bond donors (Lipinski definition) is 1. The van der Waals surface area contributed by atoms with Crippen molar-refractivity contribution >= 4 is 39.2 Å². The molecule has 3 aromatic rings. The number of methoxy groups -OCH3 is 1. The minimum Gasteiger partial charge on any atom is -0.383 e. The summed E-state index contributed by atoms with van der Waals surface area (Å²) in [6.07, 6.45) is 3.81. The van der Waals surface area contributed by atoms with Crippen LogP contribution in [0.2, 0.25) is 0 Å². The number of fused-ring (bicyclic) bond motifs is 3. The second-order valence-electron chi connectivity index (χ2n) is 8.83. The Morgan fingerprint density at radius 3 is 2.91 bits per heavy atom. The molecule has 2 heterocycles. The number of rotatable bonds is 9. The maximum Gasteiger partial charge on any atom is 0.263 e. The maximum atomic E-state index is 13.7. The van der Waals surface area contributed by atoms with Gasteiger partial charge in [0.1, 0.15) is 4.83 Å². The van der Waals surface area contributed by atoms with Crippen LogP contribution in [0.25, 0.3) is 10.2 Å². The van der Waals surface area contributed by atoms with Gasteiger partial charge in [0, 0.05) is 24.6 Å². The minimum atomic E-state index is -0.0900. The molecule has 6 nitrogen and oxygen atoms in total. The van der Waals surface area contributed by atoms with E-state index in [0.717, 1.165) is 35.9 Å². The van der Waals surface area contributed by atoms with Crippen LogP contribution in [0.4, 0.5) is 0 Å². The van der Waals surface area contributed by atoms with Crippen LogP contribution in [0.3, 0.4) is 0 Å². The number of nitrogens with one attached hydrogen (secondary N) is 1. The van der Waals surface area contributed by atoms with E-state index < -0.39 is 0 Å². The van der Waals surface area contributed by atoms with Crippen molar-refractivity contribution < 1.29 is 9.53 Å². The topological polar surface area (TPSA) is 73.2 Å². The van der Waals surface area contributed by atoms with Crippen molar-refractivity contribution in [2.45, 2.75) is 57.3 Å². The Labute approximate surface area is 202 Å². The number of carbonyl (C=O) groups is 1. The third-order valence-electron chi connectivity index (χ3n) is 6.00. The van der Waals surface area contributed by atoms with Crippen LogP contribution in [0.1, 0.15) is 36.3 Å². The molecular formula is C25H31N3O3S2. The minimum absolute atomic E-state index is 0.0265. The fourth-order valence-electron chi connectivity index (χ4n) is 4.34. The lowest BCUT2D eigenvalue weighted by molar-refractivity contribution is -0.119. The third kappa shape index (κ3) is 5.67. The van der Waals surface area contributed by atoms with Crippen LogP contribution in [-0.2, 0) is 35.3 Å². The maximum absolute atomic E-state index is 13.7. The molecule has 8 heteroatoms. The summed E-state index contributed by atoms with van der Waals surface area (Å²) < 4.78 is 6.87. The van der Waals surface area contributed by atoms with Gasteiger partial charge in [-0.2, -0.15) is 0 Å². The highest BCUT2D eigenvalue weighted by atomic mass is 32.2. The Morgan fingerprint density at radius 1 is 1.36 bits per heavy atom. The van der Waals surface area contributed by atoms with E-state index in [2.05, 4.69) is 24.4 Å². The van der Waals surface area contributed by atoms with Gasteiger partial charge >= 0.3 is 0 Å². The smallest absolute Gasteiger partial charge is 0.263 e. The van der Waals surface area contributed by atoms with Gasteiger partial charge < -0.3 is 10.1 Å². The first-order chi connectivity index (χ1) is 16.0. The highest BCUT2D eigenvalue weighted by Gasteiger charge is 2.25. The van der Waals surface area contributed by atoms with E-state index in [1.54, 1.807) is 23.0 Å². The summed E-state index contributed by atoms with van der Waals surface area (Å²) in [7, 11) is 1.61. The molecule has 0 radical (unpaired) electrons. The summed E-state index contributed by atoms with van der Waals surface area (Å²) in [5.41, 5.74) is 2.40. The van der Waals surface area contributed by atoms with Crippen LogP contribution in [-0.4, -0.2) is 41.0 Å². The number of carbonyl (C=O) groups excluding carboxylic acids is 1. The zero-order chi connectivity index (χ0) is 23.4. The predicted molar refractivity (Wildman–Crippen MR) is 135 cm³/mol. The molecule has 2 aromatic heterocycles. The number of aryl methyl sites for hydroxylation is 2. The van der Waals surface area contributed by atoms with Gasteiger partial charge in [-0.15, -0.1) is 11.3 Å². The van der Waals surface area contributed by atoms with E-state index in [9.17, 15) is 9.59 Å². The van der Waals surface area contributed by atoms with Gasteiger partial charge in [0.05, 0.1) is 17.7 Å². The molecule has 1 aliphatic carbocycles. The number of nitrogens with zero attached hydrogens (tertiary/aromatic N) is 2. The first-order valence-corrected chi connectivity index (χ1v) is 13.3. The second-order valence-corrected chi connectivity index (χ2v) is 10.9. The Morgan fingerprint density at radius 2 is 2.15 bits per heavy atom. The number of benzene rings is 1. The highest BCUT2D eigenvalue weighted by Crippen LogP contribution is 2.36. The van der Waals surface area contributed by atoms with Gasteiger partial charge in [-0.1, -0.05) is 49.0 Å². The van der Waals surface area contributed by atoms with Crippen LogP contribution in [0, 0.1) is 5.92 Å². The summed E-state index contributed by atoms with van der Waals surface area (Å²) in [5, 5.41) is 4.33. The molecule has 1 amide bonds. The van der Waals surface area contributed by atoms with Crippen LogP contribution >= 0.6 is 23.1 Å². The van der Waals surface area contributed by atoms with Crippen LogP contribution < -0.4 is 10.9 Å². The molecule has 2 unspecified atom stereocenters. The lowest BCUT2D eigenvalue weighted by Gasteiger charge is -2.18. The third-order valence-corrected chi connectivity index (χ3v) is 8.13. The Balaban J connectivity index is 1.64. The fourth-order valence-corrected chi connectivity index (χ4v) is 6.60. The van der Waals surface area contributed by atoms with E-state index >= 15 is 0 Å². The monoisotopic (exact) mass is 485 g/mol. The first-order valence-electron chi connectivity index (χ1n) is 11.5. The largest absolute Gasteiger partial charge is 0.383 e. The summed E-state index contributed by atoms with van der Waals surface area (Å²) >= 11 is 2.98. The fraction of sp³-hybridized carbons (Fsp3) is 0.480. The molecule has 4 rings (SSSR count). The zero-order valence-electron chi connectivity index (χ0n) is 19.4. The molecule has 0 saturated heterocycles. The summed E-state index contributed by atoms with van der Waals surface area (Å²) in [5.74, 6) is 0.754. The number of thiophene rings is 1. The molecule has 1 aromatic carbocycles. The summed E-state index contributed by atoms with van der Waals surface area (Å²) in [6.45, 7) is 5.17. The Hall–Kier alpha value is -2.16. The molecule has 0 bridgehead atoms. The van der Waals surface area contributed by atoms with Gasteiger partial charge in [-0.25, -0.2) is 4.98 Å². The van der Waals surface area contributed by atoms with Gasteiger partial charge in [-0.05, 0) is 49.7 Å². The number of amides is 1. The highest BCUT2D eigenvalue weighted by molar-refractivity contribution is 7.99. The first kappa shape index (κ1) is 24.0. The molecule has 1 N–H and O–H groups in total. The Kier molecular flexibility index (Phi) is 7.88. The SMILES string of the molecule is COCC(C)NC(=O)CSc1nc2sc3c(c2c(=O)n1CCc1ccccc1)CCC(C)C3. The van der Waals surface area contributed by atoms with Crippen molar-refractivity contribution in [3.8, 4) is 0 Å². The summed E-state index contributed by atoms with van der Waals surface area (Å²) in [6, 6.07) is 10.1. The van der Waals surface area contributed by atoms with Gasteiger partial charge in [0.2, 0.25) is 5.91 Å². The van der Waals surface area contributed by atoms with Crippen molar-refractivity contribution in [3.63, 3.8) is 0 Å². The number of thioether (sulfide) groups is 1. The zero-order valence-corrected chi connectivity index (χ0v) is 21.1. The van der Waals surface area contributed by atoms with Crippen molar-refractivity contribution in [2.24, 2.45) is 5.92 Å². The van der Waals surface area contributed by atoms with E-state index in [1.165, 1.54) is 27.8 Å². The molecule has 0 aliphatic heterocycles.